The minimum Gasteiger partial charge on any atom is -0.0622 e. The first-order valence-electron chi connectivity index (χ1n) is 15.9. The molecule has 0 bridgehead atoms. The molecule has 0 heteroatoms. The maximum absolute atomic E-state index is 2.42. The van der Waals surface area contributed by atoms with Crippen molar-refractivity contribution in [1.82, 2.24) is 0 Å². The molecule has 46 heavy (non-hydrogen) atoms. The fraction of sp³-hybridized carbons (Fsp3) is 0. The molecule has 0 aliphatic rings. The van der Waals surface area contributed by atoms with Gasteiger partial charge in [-0.25, -0.2) is 0 Å². The highest BCUT2D eigenvalue weighted by Gasteiger charge is 2.18. The van der Waals surface area contributed by atoms with Crippen molar-refractivity contribution in [2.75, 3.05) is 0 Å². The van der Waals surface area contributed by atoms with Gasteiger partial charge in [0, 0.05) is 0 Å². The second-order valence-electron chi connectivity index (χ2n) is 12.1. The van der Waals surface area contributed by atoms with Gasteiger partial charge in [0.05, 0.1) is 0 Å². The lowest BCUT2D eigenvalue weighted by molar-refractivity contribution is 1.62. The van der Waals surface area contributed by atoms with Crippen LogP contribution < -0.4 is 0 Å². The third kappa shape index (κ3) is 4.30. The molecule has 9 aromatic rings. The zero-order chi connectivity index (χ0) is 30.5. The Bertz CT molecular complexity index is 2560. The average molecular weight is 583 g/mol. The van der Waals surface area contributed by atoms with Gasteiger partial charge >= 0.3 is 0 Å². The minimum absolute atomic E-state index is 1.23. The second kappa shape index (κ2) is 10.9. The Hall–Kier alpha value is -5.98. The molecule has 0 saturated heterocycles. The van der Waals surface area contributed by atoms with Gasteiger partial charge in [-0.1, -0.05) is 170 Å². The van der Waals surface area contributed by atoms with Crippen LogP contribution in [0.15, 0.2) is 182 Å². The Morgan fingerprint density at radius 1 is 0.217 bits per heavy atom. The summed E-state index contributed by atoms with van der Waals surface area (Å²) in [5.74, 6) is 0. The van der Waals surface area contributed by atoms with Crippen molar-refractivity contribution >= 4 is 43.1 Å². The summed E-state index contributed by atoms with van der Waals surface area (Å²) in [6.07, 6.45) is 0. The maximum atomic E-state index is 2.42. The van der Waals surface area contributed by atoms with Crippen LogP contribution in [0.1, 0.15) is 0 Å². The maximum Gasteiger partial charge on any atom is -0.00261 e. The van der Waals surface area contributed by atoms with E-state index in [1.165, 1.54) is 87.6 Å². The third-order valence-corrected chi connectivity index (χ3v) is 9.44. The van der Waals surface area contributed by atoms with Gasteiger partial charge in [-0.2, -0.15) is 0 Å². The van der Waals surface area contributed by atoms with Crippen LogP contribution in [0.5, 0.6) is 0 Å². The lowest BCUT2D eigenvalue weighted by Gasteiger charge is -2.19. The zero-order valence-electron chi connectivity index (χ0n) is 25.3. The summed E-state index contributed by atoms with van der Waals surface area (Å²) >= 11 is 0. The normalized spacial score (nSPS) is 11.5. The molecule has 9 aromatic carbocycles. The van der Waals surface area contributed by atoms with E-state index in [0.717, 1.165) is 0 Å². The van der Waals surface area contributed by atoms with Crippen LogP contribution in [0.3, 0.4) is 0 Å². The smallest absolute Gasteiger partial charge is 0.00261 e. The van der Waals surface area contributed by atoms with E-state index in [9.17, 15) is 0 Å². The van der Waals surface area contributed by atoms with Crippen LogP contribution in [0.4, 0.5) is 0 Å². The van der Waals surface area contributed by atoms with E-state index in [0.29, 0.717) is 0 Å². The number of rotatable bonds is 4. The quantitative estimate of drug-likeness (QED) is 0.181. The van der Waals surface area contributed by atoms with Gasteiger partial charge in [0.1, 0.15) is 0 Å². The van der Waals surface area contributed by atoms with E-state index in [1.807, 2.05) is 0 Å². The summed E-state index contributed by atoms with van der Waals surface area (Å²) in [6.45, 7) is 0. The van der Waals surface area contributed by atoms with Crippen LogP contribution in [0.2, 0.25) is 0 Å². The molecule has 0 N–H and O–H groups in total. The van der Waals surface area contributed by atoms with E-state index < -0.39 is 0 Å². The highest BCUT2D eigenvalue weighted by molar-refractivity contribution is 6.22. The number of hydrogen-bond donors (Lipinski definition) is 0. The Balaban J connectivity index is 1.36. The van der Waals surface area contributed by atoms with E-state index in [4.69, 9.17) is 0 Å². The molecule has 214 valence electrons. The van der Waals surface area contributed by atoms with Gasteiger partial charge in [-0.3, -0.25) is 0 Å². The van der Waals surface area contributed by atoms with Crippen LogP contribution in [0.25, 0.3) is 87.6 Å². The minimum atomic E-state index is 1.23. The predicted octanol–water partition coefficient (Wildman–Crippen LogP) is 13.0. The largest absolute Gasteiger partial charge is 0.0622 e. The molecule has 0 atom stereocenters. The van der Waals surface area contributed by atoms with Gasteiger partial charge in [-0.05, 0) is 99.7 Å². The molecule has 0 nitrogen and oxygen atoms in total. The van der Waals surface area contributed by atoms with Crippen molar-refractivity contribution in [3.05, 3.63) is 182 Å². The molecule has 0 spiro atoms. The van der Waals surface area contributed by atoms with Gasteiger partial charge < -0.3 is 0 Å². The van der Waals surface area contributed by atoms with Crippen LogP contribution in [-0.4, -0.2) is 0 Å². The average Bonchev–Trinajstić information content (AvgIpc) is 3.13. The summed E-state index contributed by atoms with van der Waals surface area (Å²) in [4.78, 5) is 0. The molecule has 0 radical (unpaired) electrons. The van der Waals surface area contributed by atoms with E-state index in [1.54, 1.807) is 0 Å². The van der Waals surface area contributed by atoms with Crippen molar-refractivity contribution in [2.24, 2.45) is 0 Å². The van der Waals surface area contributed by atoms with E-state index >= 15 is 0 Å². The highest BCUT2D eigenvalue weighted by Crippen LogP contribution is 2.46. The molecular formula is C46H30. The molecule has 0 aliphatic heterocycles. The Morgan fingerprint density at radius 2 is 0.652 bits per heavy atom. The molecule has 0 saturated carbocycles. The monoisotopic (exact) mass is 582 g/mol. The molecule has 0 aliphatic carbocycles. The molecule has 0 aromatic heterocycles. The molecular weight excluding hydrogens is 553 g/mol. The zero-order valence-corrected chi connectivity index (χ0v) is 25.3. The lowest BCUT2D eigenvalue weighted by atomic mass is 9.84. The summed E-state index contributed by atoms with van der Waals surface area (Å²) in [6, 6.07) is 66.6. The summed E-state index contributed by atoms with van der Waals surface area (Å²) in [5, 5.41) is 10.1. The van der Waals surface area contributed by atoms with Crippen molar-refractivity contribution in [3.63, 3.8) is 0 Å². The predicted molar refractivity (Wildman–Crippen MR) is 198 cm³/mol. The first-order chi connectivity index (χ1) is 22.8. The Kier molecular flexibility index (Phi) is 6.25. The summed E-state index contributed by atoms with van der Waals surface area (Å²) in [7, 11) is 0. The summed E-state index contributed by atoms with van der Waals surface area (Å²) < 4.78 is 0. The Morgan fingerprint density at radius 3 is 1.30 bits per heavy atom. The van der Waals surface area contributed by atoms with Gasteiger partial charge in [0.25, 0.3) is 0 Å². The first kappa shape index (κ1) is 26.4. The number of benzene rings is 9. The lowest BCUT2D eigenvalue weighted by Crippen LogP contribution is -1.92. The molecule has 9 rings (SSSR count). The molecule has 0 heterocycles. The van der Waals surface area contributed by atoms with Gasteiger partial charge in [0.2, 0.25) is 0 Å². The van der Waals surface area contributed by atoms with Crippen molar-refractivity contribution in [3.8, 4) is 44.5 Å². The van der Waals surface area contributed by atoms with Crippen molar-refractivity contribution in [1.29, 1.82) is 0 Å². The fourth-order valence-corrected chi connectivity index (χ4v) is 7.37. The van der Waals surface area contributed by atoms with E-state index in [2.05, 4.69) is 182 Å². The number of hydrogen-bond acceptors (Lipinski definition) is 0. The molecule has 0 amide bonds. The highest BCUT2D eigenvalue weighted by atomic mass is 14.2. The molecule has 0 fully saturated rings. The first-order valence-corrected chi connectivity index (χ1v) is 15.9. The van der Waals surface area contributed by atoms with Crippen LogP contribution >= 0.6 is 0 Å². The Labute approximate surface area is 268 Å². The standard InChI is InChI=1S/C46H30/c1-2-15-33(16-3-1)45-41-23-8-9-24-42(41)46(36-20-10-19-34(29-36)39-25-11-17-31-13-4-6-21-37(31)39)43-28-27-35(30-44(43)45)40-26-12-18-32-14-5-7-22-38(32)40/h1-30H. The summed E-state index contributed by atoms with van der Waals surface area (Å²) in [5.41, 5.74) is 9.98. The number of fused-ring (bicyclic) bond motifs is 4. The van der Waals surface area contributed by atoms with E-state index in [-0.39, 0.29) is 0 Å². The fourth-order valence-electron chi connectivity index (χ4n) is 7.37. The molecule has 0 unspecified atom stereocenters. The SMILES string of the molecule is c1ccc(-c2c3ccccc3c(-c3cccc(-c4cccc5ccccc45)c3)c3ccc(-c4cccc5ccccc45)cc23)cc1. The van der Waals surface area contributed by atoms with Gasteiger partial charge in [-0.15, -0.1) is 0 Å². The second-order valence-corrected chi connectivity index (χ2v) is 12.1. The van der Waals surface area contributed by atoms with Crippen molar-refractivity contribution < 1.29 is 0 Å². The van der Waals surface area contributed by atoms with Crippen LogP contribution in [-0.2, 0) is 0 Å². The van der Waals surface area contributed by atoms with Crippen molar-refractivity contribution in [2.45, 2.75) is 0 Å². The third-order valence-electron chi connectivity index (χ3n) is 9.44. The topological polar surface area (TPSA) is 0 Å². The van der Waals surface area contributed by atoms with Crippen LogP contribution in [0, 0.1) is 0 Å². The van der Waals surface area contributed by atoms with Gasteiger partial charge in [0.15, 0.2) is 0 Å².